The molecule has 19 heavy (non-hydrogen) atoms. The standard InChI is InChI=1S/C7H7F9O2S/c1-2-3-19(17,18)7(15,16)5(10,11)4(8,9)6(12,13)14/h2-3H2,1H3. The van der Waals surface area contributed by atoms with E-state index in [1.165, 1.54) is 0 Å². The summed E-state index contributed by atoms with van der Waals surface area (Å²) in [6, 6.07) is 0. The highest BCUT2D eigenvalue weighted by atomic mass is 32.2. The maximum atomic E-state index is 12.9. The van der Waals surface area contributed by atoms with Gasteiger partial charge in [-0.3, -0.25) is 0 Å². The molecule has 0 rings (SSSR count). The lowest BCUT2D eigenvalue weighted by Crippen LogP contribution is -2.63. The minimum absolute atomic E-state index is 0.661. The Labute approximate surface area is 101 Å². The van der Waals surface area contributed by atoms with Crippen LogP contribution in [-0.4, -0.2) is 37.4 Å². The molecule has 12 heteroatoms. The first-order chi connectivity index (χ1) is 8.06. The van der Waals surface area contributed by atoms with Crippen LogP contribution < -0.4 is 0 Å². The molecule has 0 saturated carbocycles. The summed E-state index contributed by atoms with van der Waals surface area (Å²) in [4.78, 5) is 0. The molecule has 0 aromatic rings. The van der Waals surface area contributed by atoms with Crippen molar-refractivity contribution in [3.63, 3.8) is 0 Å². The summed E-state index contributed by atoms with van der Waals surface area (Å²) in [7, 11) is -6.17. The molecule has 0 aliphatic carbocycles. The van der Waals surface area contributed by atoms with Crippen LogP contribution >= 0.6 is 0 Å². The Kier molecular flexibility index (Phi) is 4.53. The second kappa shape index (κ2) is 4.70. The molecule has 0 aromatic heterocycles. The number of hydrogen-bond acceptors (Lipinski definition) is 2. The first-order valence-electron chi connectivity index (χ1n) is 4.48. The monoisotopic (exact) mass is 326 g/mol. The van der Waals surface area contributed by atoms with Crippen molar-refractivity contribution < 1.29 is 47.9 Å². The van der Waals surface area contributed by atoms with E-state index >= 15 is 0 Å². The molecule has 0 N–H and O–H groups in total. The number of alkyl halides is 9. The molecule has 0 atom stereocenters. The molecule has 2 nitrogen and oxygen atoms in total. The third-order valence-electron chi connectivity index (χ3n) is 1.98. The van der Waals surface area contributed by atoms with E-state index in [0.29, 0.717) is 0 Å². The summed E-state index contributed by atoms with van der Waals surface area (Å²) in [5.41, 5.74) is 0. The van der Waals surface area contributed by atoms with Crippen LogP contribution in [0.1, 0.15) is 13.3 Å². The first kappa shape index (κ1) is 18.3. The van der Waals surface area contributed by atoms with Crippen LogP contribution in [-0.2, 0) is 9.84 Å². The van der Waals surface area contributed by atoms with E-state index in [2.05, 4.69) is 0 Å². The number of hydrogen-bond donors (Lipinski definition) is 0. The number of sulfone groups is 1. The smallest absolute Gasteiger partial charge is 0.222 e. The third kappa shape index (κ3) is 2.63. The summed E-state index contributed by atoms with van der Waals surface area (Å²) in [5.74, 6) is -16.0. The second-order valence-electron chi connectivity index (χ2n) is 3.48. The van der Waals surface area contributed by atoms with Crippen molar-refractivity contribution in [2.45, 2.75) is 36.6 Å². The lowest BCUT2D eigenvalue weighted by atomic mass is 10.1. The zero-order valence-corrected chi connectivity index (χ0v) is 9.86. The van der Waals surface area contributed by atoms with Crippen LogP contribution in [0.25, 0.3) is 0 Å². The Morgan fingerprint density at radius 2 is 1.16 bits per heavy atom. The topological polar surface area (TPSA) is 34.1 Å². The van der Waals surface area contributed by atoms with Crippen LogP contribution in [0.5, 0.6) is 0 Å². The Hall–Kier alpha value is -0.680. The van der Waals surface area contributed by atoms with Crippen LogP contribution in [0.3, 0.4) is 0 Å². The summed E-state index contributed by atoms with van der Waals surface area (Å²) < 4.78 is 132. The van der Waals surface area contributed by atoms with Crippen LogP contribution in [0.2, 0.25) is 0 Å². The summed E-state index contributed by atoms with van der Waals surface area (Å²) in [6.45, 7) is 0.938. The van der Waals surface area contributed by atoms with Gasteiger partial charge in [0, 0.05) is 0 Å². The molecule has 0 fully saturated rings. The van der Waals surface area contributed by atoms with Crippen molar-refractivity contribution in [3.8, 4) is 0 Å². The Morgan fingerprint density at radius 1 is 0.789 bits per heavy atom. The van der Waals surface area contributed by atoms with E-state index in [0.717, 1.165) is 6.92 Å². The maximum Gasteiger partial charge on any atom is 0.460 e. The number of rotatable bonds is 5. The molecule has 0 amide bonds. The maximum absolute atomic E-state index is 12.9. The molecule has 0 heterocycles. The van der Waals surface area contributed by atoms with E-state index in [-0.39, 0.29) is 0 Å². The van der Waals surface area contributed by atoms with Gasteiger partial charge < -0.3 is 0 Å². The fourth-order valence-electron chi connectivity index (χ4n) is 0.953. The van der Waals surface area contributed by atoms with Gasteiger partial charge in [0.2, 0.25) is 9.84 Å². The van der Waals surface area contributed by atoms with Gasteiger partial charge in [-0.2, -0.15) is 39.5 Å². The largest absolute Gasteiger partial charge is 0.460 e. The van der Waals surface area contributed by atoms with E-state index in [1.807, 2.05) is 0 Å². The lowest BCUT2D eigenvalue weighted by molar-refractivity contribution is -0.382. The first-order valence-corrected chi connectivity index (χ1v) is 6.14. The Bertz CT molecular complexity index is 422. The predicted octanol–water partition coefficient (Wildman–Crippen LogP) is 3.24. The molecule has 0 aliphatic rings. The minimum atomic E-state index is -7.19. The number of halogens is 9. The summed E-state index contributed by atoms with van der Waals surface area (Å²) in [6.07, 6.45) is -7.69. The van der Waals surface area contributed by atoms with Gasteiger partial charge in [0.15, 0.2) is 0 Å². The fourth-order valence-corrected chi connectivity index (χ4v) is 2.27. The molecule has 0 saturated heterocycles. The molecule has 0 aromatic carbocycles. The highest BCUT2D eigenvalue weighted by Gasteiger charge is 2.84. The van der Waals surface area contributed by atoms with Crippen molar-refractivity contribution in [3.05, 3.63) is 0 Å². The molecule has 0 bridgehead atoms. The van der Waals surface area contributed by atoms with Crippen molar-refractivity contribution in [2.75, 3.05) is 5.75 Å². The molecule has 116 valence electrons. The van der Waals surface area contributed by atoms with Gasteiger partial charge in [-0.1, -0.05) is 6.92 Å². The summed E-state index contributed by atoms with van der Waals surface area (Å²) >= 11 is 0. The van der Waals surface area contributed by atoms with Crippen molar-refractivity contribution >= 4 is 9.84 Å². The van der Waals surface area contributed by atoms with Gasteiger partial charge >= 0.3 is 23.3 Å². The van der Waals surface area contributed by atoms with Crippen molar-refractivity contribution in [1.29, 1.82) is 0 Å². The SMILES string of the molecule is CCCS(=O)(=O)C(F)(F)C(F)(F)C(F)(F)C(F)(F)F. The molecule has 0 aliphatic heterocycles. The lowest BCUT2D eigenvalue weighted by Gasteiger charge is -2.33. The predicted molar refractivity (Wildman–Crippen MR) is 45.0 cm³/mol. The molecule has 0 radical (unpaired) electrons. The minimum Gasteiger partial charge on any atom is -0.222 e. The van der Waals surface area contributed by atoms with Gasteiger partial charge in [0.1, 0.15) is 0 Å². The zero-order chi connectivity index (χ0) is 15.9. The van der Waals surface area contributed by atoms with Crippen molar-refractivity contribution in [1.82, 2.24) is 0 Å². The van der Waals surface area contributed by atoms with Crippen molar-refractivity contribution in [2.24, 2.45) is 0 Å². The Morgan fingerprint density at radius 3 is 1.42 bits per heavy atom. The van der Waals surface area contributed by atoms with Crippen LogP contribution in [0.4, 0.5) is 39.5 Å². The van der Waals surface area contributed by atoms with Crippen LogP contribution in [0.15, 0.2) is 0 Å². The van der Waals surface area contributed by atoms with E-state index in [1.54, 1.807) is 0 Å². The van der Waals surface area contributed by atoms with E-state index in [9.17, 15) is 47.9 Å². The molecule has 0 spiro atoms. The van der Waals surface area contributed by atoms with Gasteiger partial charge in [0.05, 0.1) is 5.75 Å². The van der Waals surface area contributed by atoms with E-state index < -0.39 is 45.3 Å². The average Bonchev–Trinajstić information content (AvgIpc) is 2.14. The molecular weight excluding hydrogens is 319 g/mol. The quantitative estimate of drug-likeness (QED) is 0.727. The van der Waals surface area contributed by atoms with Gasteiger partial charge in [-0.05, 0) is 6.42 Å². The average molecular weight is 326 g/mol. The Balaban J connectivity index is 5.92. The highest BCUT2D eigenvalue weighted by molar-refractivity contribution is 7.92. The molecule has 0 unspecified atom stereocenters. The van der Waals surface area contributed by atoms with Gasteiger partial charge in [0.25, 0.3) is 0 Å². The normalized spacial score (nSPS) is 15.7. The highest BCUT2D eigenvalue weighted by Crippen LogP contribution is 2.54. The van der Waals surface area contributed by atoms with Crippen LogP contribution in [0, 0.1) is 0 Å². The van der Waals surface area contributed by atoms with Gasteiger partial charge in [-0.15, -0.1) is 0 Å². The van der Waals surface area contributed by atoms with Gasteiger partial charge in [-0.25, -0.2) is 8.42 Å². The zero-order valence-electron chi connectivity index (χ0n) is 9.04. The fraction of sp³-hybridized carbons (Fsp3) is 1.00. The summed E-state index contributed by atoms with van der Waals surface area (Å²) in [5, 5.41) is -6.55. The molecular formula is C7H7F9O2S. The second-order valence-corrected chi connectivity index (χ2v) is 5.63. The van der Waals surface area contributed by atoms with E-state index in [4.69, 9.17) is 0 Å². The third-order valence-corrected chi connectivity index (χ3v) is 3.96.